The minimum absolute atomic E-state index is 0. The minimum atomic E-state index is -0.363. The Morgan fingerprint density at radius 1 is 1.53 bits per heavy atom. The summed E-state index contributed by atoms with van der Waals surface area (Å²) < 4.78 is 5.38. The Hall–Kier alpha value is -0.400. The summed E-state index contributed by atoms with van der Waals surface area (Å²) >= 11 is 1.62. The molecule has 1 aliphatic rings. The van der Waals surface area contributed by atoms with E-state index in [9.17, 15) is 4.79 Å². The first kappa shape index (κ1) is 18.6. The normalized spacial score (nSPS) is 18.1. The van der Waals surface area contributed by atoms with Crippen LogP contribution < -0.4 is 10.6 Å². The zero-order chi connectivity index (χ0) is 12.3. The Balaban J connectivity index is 0.00000162. The summed E-state index contributed by atoms with van der Waals surface area (Å²) in [5, 5.41) is 7.05. The lowest BCUT2D eigenvalue weighted by atomic mass is 10.3. The van der Waals surface area contributed by atoms with E-state index >= 15 is 0 Å². The van der Waals surface area contributed by atoms with Crippen LogP contribution in [0.5, 0.6) is 0 Å². The molecule has 2 heterocycles. The van der Waals surface area contributed by atoms with E-state index < -0.39 is 0 Å². The number of carbonyl (C=O) groups is 1. The van der Waals surface area contributed by atoms with Gasteiger partial charge in [0, 0.05) is 18.0 Å². The number of halogens is 2. The zero-order valence-electron chi connectivity index (χ0n) is 10.9. The third-order valence-corrected chi connectivity index (χ3v) is 3.72. The smallest absolute Gasteiger partial charge is 0.250 e. The van der Waals surface area contributed by atoms with Gasteiger partial charge in [0.2, 0.25) is 0 Å². The first-order valence-corrected chi connectivity index (χ1v) is 6.51. The molecule has 1 aliphatic heterocycles. The van der Waals surface area contributed by atoms with Crippen molar-refractivity contribution >= 4 is 42.1 Å². The number of thiazole rings is 1. The van der Waals surface area contributed by atoms with Crippen LogP contribution in [-0.2, 0) is 16.1 Å². The molecular weight excluding hydrogens is 309 g/mol. The fraction of sp³-hybridized carbons (Fsp3) is 0.636. The third kappa shape index (κ3) is 5.24. The van der Waals surface area contributed by atoms with Gasteiger partial charge in [0.05, 0.1) is 23.9 Å². The first-order chi connectivity index (χ1) is 8.16. The van der Waals surface area contributed by atoms with Crippen LogP contribution in [0.25, 0.3) is 0 Å². The summed E-state index contributed by atoms with van der Waals surface area (Å²) in [7, 11) is 0. The highest BCUT2D eigenvalue weighted by Crippen LogP contribution is 2.16. The second kappa shape index (κ2) is 8.71. The van der Waals surface area contributed by atoms with Crippen molar-refractivity contribution < 1.29 is 9.53 Å². The van der Waals surface area contributed by atoms with E-state index in [2.05, 4.69) is 15.6 Å². The van der Waals surface area contributed by atoms with Gasteiger partial charge in [-0.15, -0.1) is 36.2 Å². The van der Waals surface area contributed by atoms with Gasteiger partial charge >= 0.3 is 0 Å². The third-order valence-electron chi connectivity index (χ3n) is 2.64. The monoisotopic (exact) mass is 327 g/mol. The van der Waals surface area contributed by atoms with E-state index in [1.165, 1.54) is 0 Å². The SMILES string of the molecule is Cc1nc(C)c(CNC(=O)C2CNCCO2)s1.Cl.Cl. The van der Waals surface area contributed by atoms with Crippen molar-refractivity contribution in [3.63, 3.8) is 0 Å². The van der Waals surface area contributed by atoms with Crippen molar-refractivity contribution in [3.05, 3.63) is 15.6 Å². The van der Waals surface area contributed by atoms with Gasteiger partial charge in [-0.2, -0.15) is 0 Å². The second-order valence-corrected chi connectivity index (χ2v) is 5.31. The average Bonchev–Trinajstić information content (AvgIpc) is 2.66. The number of ether oxygens (including phenoxy) is 1. The topological polar surface area (TPSA) is 63.2 Å². The Kier molecular flexibility index (Phi) is 8.52. The van der Waals surface area contributed by atoms with E-state index in [0.29, 0.717) is 19.7 Å². The molecule has 1 aromatic rings. The molecule has 2 N–H and O–H groups in total. The molecule has 1 amide bonds. The number of nitrogens with one attached hydrogen (secondary N) is 2. The molecule has 8 heteroatoms. The maximum Gasteiger partial charge on any atom is 0.250 e. The minimum Gasteiger partial charge on any atom is -0.366 e. The fourth-order valence-electron chi connectivity index (χ4n) is 1.75. The summed E-state index contributed by atoms with van der Waals surface area (Å²) in [6, 6.07) is 0. The summed E-state index contributed by atoms with van der Waals surface area (Å²) in [5.74, 6) is -0.0531. The Morgan fingerprint density at radius 2 is 2.26 bits per heavy atom. The van der Waals surface area contributed by atoms with E-state index in [1.807, 2.05) is 13.8 Å². The van der Waals surface area contributed by atoms with Gasteiger partial charge in [0.1, 0.15) is 6.10 Å². The van der Waals surface area contributed by atoms with Gasteiger partial charge in [-0.1, -0.05) is 0 Å². The number of hydrogen-bond donors (Lipinski definition) is 2. The molecule has 1 unspecified atom stereocenters. The van der Waals surface area contributed by atoms with Crippen LogP contribution in [0.3, 0.4) is 0 Å². The van der Waals surface area contributed by atoms with E-state index in [0.717, 1.165) is 22.1 Å². The molecule has 5 nitrogen and oxygen atoms in total. The standard InChI is InChI=1S/C11H17N3O2S.2ClH/c1-7-10(17-8(2)14-7)6-13-11(15)9-5-12-3-4-16-9;;/h9,12H,3-6H2,1-2H3,(H,13,15);2*1H. The molecule has 1 atom stereocenters. The van der Waals surface area contributed by atoms with Gasteiger partial charge in [0.25, 0.3) is 5.91 Å². The van der Waals surface area contributed by atoms with Crippen LogP contribution >= 0.6 is 36.2 Å². The van der Waals surface area contributed by atoms with Crippen LogP contribution in [-0.4, -0.2) is 36.7 Å². The number of aromatic nitrogens is 1. The molecule has 1 aromatic heterocycles. The number of morpholine rings is 1. The van der Waals surface area contributed by atoms with Gasteiger partial charge in [-0.25, -0.2) is 4.98 Å². The van der Waals surface area contributed by atoms with Crippen LogP contribution in [0.15, 0.2) is 0 Å². The lowest BCUT2D eigenvalue weighted by molar-refractivity contribution is -0.134. The van der Waals surface area contributed by atoms with Gasteiger partial charge in [-0.05, 0) is 13.8 Å². The molecule has 0 aromatic carbocycles. The summed E-state index contributed by atoms with van der Waals surface area (Å²) in [5.41, 5.74) is 0.996. The van der Waals surface area contributed by atoms with Crippen LogP contribution in [0.4, 0.5) is 0 Å². The highest BCUT2D eigenvalue weighted by Gasteiger charge is 2.21. The predicted molar refractivity (Wildman–Crippen MR) is 80.5 cm³/mol. The fourth-order valence-corrected chi connectivity index (χ4v) is 2.63. The molecular formula is C11H19Cl2N3O2S. The maximum atomic E-state index is 11.8. The Labute approximate surface area is 129 Å². The average molecular weight is 328 g/mol. The number of rotatable bonds is 3. The molecule has 2 rings (SSSR count). The van der Waals surface area contributed by atoms with Gasteiger partial charge in [0.15, 0.2) is 0 Å². The number of hydrogen-bond acceptors (Lipinski definition) is 5. The van der Waals surface area contributed by atoms with E-state index in [4.69, 9.17) is 4.74 Å². The molecule has 0 saturated carbocycles. The number of aryl methyl sites for hydroxylation is 2. The molecule has 0 bridgehead atoms. The second-order valence-electron chi connectivity index (χ2n) is 4.02. The molecule has 0 aliphatic carbocycles. The van der Waals surface area contributed by atoms with E-state index in [-0.39, 0.29) is 36.8 Å². The van der Waals surface area contributed by atoms with Crippen LogP contribution in [0.1, 0.15) is 15.6 Å². The van der Waals surface area contributed by atoms with Gasteiger partial charge in [-0.3, -0.25) is 4.79 Å². The Morgan fingerprint density at radius 3 is 2.79 bits per heavy atom. The molecule has 1 fully saturated rings. The van der Waals surface area contributed by atoms with Crippen molar-refractivity contribution in [3.8, 4) is 0 Å². The first-order valence-electron chi connectivity index (χ1n) is 5.70. The van der Waals surface area contributed by atoms with Crippen molar-refractivity contribution in [2.45, 2.75) is 26.5 Å². The van der Waals surface area contributed by atoms with Gasteiger partial charge < -0.3 is 15.4 Å². The summed E-state index contributed by atoms with van der Waals surface area (Å²) in [4.78, 5) is 17.2. The summed E-state index contributed by atoms with van der Waals surface area (Å²) in [6.45, 7) is 6.47. The lowest BCUT2D eigenvalue weighted by Crippen LogP contribution is -2.47. The van der Waals surface area contributed by atoms with E-state index in [1.54, 1.807) is 11.3 Å². The van der Waals surface area contributed by atoms with Crippen LogP contribution in [0, 0.1) is 13.8 Å². The Bertz CT molecular complexity index is 409. The highest BCUT2D eigenvalue weighted by atomic mass is 35.5. The molecule has 110 valence electrons. The number of nitrogens with zero attached hydrogens (tertiary/aromatic N) is 1. The zero-order valence-corrected chi connectivity index (χ0v) is 13.3. The predicted octanol–water partition coefficient (Wildman–Crippen LogP) is 1.21. The summed E-state index contributed by atoms with van der Waals surface area (Å²) in [6.07, 6.45) is -0.363. The van der Waals surface area contributed by atoms with Crippen molar-refractivity contribution in [1.29, 1.82) is 0 Å². The molecule has 1 saturated heterocycles. The number of carbonyl (C=O) groups excluding carboxylic acids is 1. The quantitative estimate of drug-likeness (QED) is 0.875. The molecule has 19 heavy (non-hydrogen) atoms. The lowest BCUT2D eigenvalue weighted by Gasteiger charge is -2.22. The largest absolute Gasteiger partial charge is 0.366 e. The number of amides is 1. The maximum absolute atomic E-state index is 11.8. The molecule has 0 spiro atoms. The molecule has 0 radical (unpaired) electrons. The van der Waals surface area contributed by atoms with Crippen molar-refractivity contribution in [2.24, 2.45) is 0 Å². The van der Waals surface area contributed by atoms with Crippen LogP contribution in [0.2, 0.25) is 0 Å². The van der Waals surface area contributed by atoms with Crippen molar-refractivity contribution in [2.75, 3.05) is 19.7 Å². The highest BCUT2D eigenvalue weighted by molar-refractivity contribution is 7.11. The van der Waals surface area contributed by atoms with Crippen molar-refractivity contribution in [1.82, 2.24) is 15.6 Å².